The molecule has 1 fully saturated rings. The summed E-state index contributed by atoms with van der Waals surface area (Å²) in [7, 11) is 1.62. The topological polar surface area (TPSA) is 120 Å². The van der Waals surface area contributed by atoms with E-state index in [0.717, 1.165) is 6.42 Å². The zero-order valence-electron chi connectivity index (χ0n) is 14.1. The zero-order chi connectivity index (χ0) is 17.3. The fourth-order valence-electron chi connectivity index (χ4n) is 2.80. The van der Waals surface area contributed by atoms with Crippen LogP contribution in [0.2, 0.25) is 0 Å². The molecule has 0 saturated carbocycles. The Bertz CT molecular complexity index is 706. The Morgan fingerprint density at radius 3 is 3.00 bits per heavy atom. The second-order valence-corrected chi connectivity index (χ2v) is 6.05. The van der Waals surface area contributed by atoms with Gasteiger partial charge in [-0.2, -0.15) is 9.97 Å². The standard InChI is InChI=1S/C15H24N6O3/c1-4-8(2)18-15-19-12(16)11-13(20-15)21(7-17-11)14-10(23-3)5-9(6-22)24-14/h7-10,14,22H,4-6H2,1-3H3,(H3,16,18,19,20)/t8?,9?,10-,14?/m1/s1. The van der Waals surface area contributed by atoms with E-state index in [1.54, 1.807) is 18.0 Å². The molecule has 2 aromatic rings. The number of fused-ring (bicyclic) bond motifs is 1. The Labute approximate surface area is 140 Å². The summed E-state index contributed by atoms with van der Waals surface area (Å²) in [6.45, 7) is 4.07. The molecule has 9 nitrogen and oxygen atoms in total. The number of nitrogens with two attached hydrogens (primary N) is 1. The molecule has 4 atom stereocenters. The van der Waals surface area contributed by atoms with Gasteiger partial charge in [-0.05, 0) is 13.3 Å². The van der Waals surface area contributed by atoms with Crippen LogP contribution in [0.1, 0.15) is 32.9 Å². The molecule has 4 N–H and O–H groups in total. The van der Waals surface area contributed by atoms with Crippen molar-refractivity contribution in [3.05, 3.63) is 6.33 Å². The highest BCUT2D eigenvalue weighted by molar-refractivity contribution is 5.83. The van der Waals surface area contributed by atoms with Crippen LogP contribution in [0.4, 0.5) is 11.8 Å². The number of rotatable bonds is 6. The van der Waals surface area contributed by atoms with Gasteiger partial charge >= 0.3 is 0 Å². The summed E-state index contributed by atoms with van der Waals surface area (Å²) in [5.41, 5.74) is 7.13. The van der Waals surface area contributed by atoms with E-state index in [4.69, 9.17) is 15.2 Å². The lowest BCUT2D eigenvalue weighted by atomic mass is 10.2. The Hall–Kier alpha value is -1.97. The number of nitrogens with one attached hydrogen (secondary N) is 1. The molecular formula is C15H24N6O3. The molecule has 0 radical (unpaired) electrons. The lowest BCUT2D eigenvalue weighted by Gasteiger charge is -2.19. The summed E-state index contributed by atoms with van der Waals surface area (Å²) >= 11 is 0. The van der Waals surface area contributed by atoms with Gasteiger partial charge in [0.2, 0.25) is 5.95 Å². The zero-order valence-corrected chi connectivity index (χ0v) is 14.1. The number of imidazole rings is 1. The molecule has 1 aliphatic heterocycles. The smallest absolute Gasteiger partial charge is 0.226 e. The Morgan fingerprint density at radius 1 is 1.54 bits per heavy atom. The highest BCUT2D eigenvalue weighted by atomic mass is 16.6. The van der Waals surface area contributed by atoms with Gasteiger partial charge in [0, 0.05) is 19.6 Å². The fourth-order valence-corrected chi connectivity index (χ4v) is 2.80. The second kappa shape index (κ2) is 6.88. The molecule has 9 heteroatoms. The number of aliphatic hydroxyl groups is 1. The van der Waals surface area contributed by atoms with E-state index < -0.39 is 6.23 Å². The van der Waals surface area contributed by atoms with E-state index >= 15 is 0 Å². The van der Waals surface area contributed by atoms with Gasteiger partial charge in [0.1, 0.15) is 11.6 Å². The van der Waals surface area contributed by atoms with Crippen molar-refractivity contribution in [3.8, 4) is 0 Å². The summed E-state index contributed by atoms with van der Waals surface area (Å²) < 4.78 is 13.2. The van der Waals surface area contributed by atoms with Crippen LogP contribution in [0, 0.1) is 0 Å². The first-order chi connectivity index (χ1) is 11.6. The number of ether oxygens (including phenoxy) is 2. The highest BCUT2D eigenvalue weighted by Gasteiger charge is 2.37. The molecule has 3 rings (SSSR count). The molecule has 1 aliphatic rings. The van der Waals surface area contributed by atoms with Crippen molar-refractivity contribution in [2.24, 2.45) is 0 Å². The third-order valence-electron chi connectivity index (χ3n) is 4.36. The molecular weight excluding hydrogens is 312 g/mol. The predicted octanol–water partition coefficient (Wildman–Crippen LogP) is 0.914. The highest BCUT2D eigenvalue weighted by Crippen LogP contribution is 2.33. The molecule has 2 aromatic heterocycles. The fraction of sp³-hybridized carbons (Fsp3) is 0.667. The Balaban J connectivity index is 1.99. The predicted molar refractivity (Wildman–Crippen MR) is 89.5 cm³/mol. The maximum absolute atomic E-state index is 9.36. The Morgan fingerprint density at radius 2 is 2.33 bits per heavy atom. The van der Waals surface area contributed by atoms with Gasteiger partial charge in [0.25, 0.3) is 0 Å². The molecule has 1 saturated heterocycles. The molecule has 3 heterocycles. The van der Waals surface area contributed by atoms with Crippen molar-refractivity contribution in [1.82, 2.24) is 19.5 Å². The first-order valence-corrected chi connectivity index (χ1v) is 8.13. The lowest BCUT2D eigenvalue weighted by molar-refractivity contribution is -0.0583. The van der Waals surface area contributed by atoms with Gasteiger partial charge in [0.05, 0.1) is 19.0 Å². The average Bonchev–Trinajstić information content (AvgIpc) is 3.17. The van der Waals surface area contributed by atoms with Crippen LogP contribution in [0.5, 0.6) is 0 Å². The van der Waals surface area contributed by atoms with E-state index in [9.17, 15) is 5.11 Å². The van der Waals surface area contributed by atoms with Crippen LogP contribution < -0.4 is 11.1 Å². The van der Waals surface area contributed by atoms with Crippen LogP contribution in [-0.4, -0.2) is 56.6 Å². The minimum absolute atomic E-state index is 0.0546. The van der Waals surface area contributed by atoms with Gasteiger partial charge in [-0.15, -0.1) is 0 Å². The number of hydrogen-bond donors (Lipinski definition) is 3. The largest absolute Gasteiger partial charge is 0.394 e. The third-order valence-corrected chi connectivity index (χ3v) is 4.36. The third kappa shape index (κ3) is 3.02. The van der Waals surface area contributed by atoms with Gasteiger partial charge in [-0.1, -0.05) is 6.92 Å². The number of nitrogen functional groups attached to an aromatic ring is 1. The quantitative estimate of drug-likeness (QED) is 0.712. The van der Waals surface area contributed by atoms with E-state index in [2.05, 4.69) is 27.2 Å². The molecule has 0 amide bonds. The number of aromatic nitrogens is 4. The monoisotopic (exact) mass is 336 g/mol. The van der Waals surface area contributed by atoms with Gasteiger partial charge in [-0.3, -0.25) is 4.57 Å². The summed E-state index contributed by atoms with van der Waals surface area (Å²) in [6, 6.07) is 0.228. The summed E-state index contributed by atoms with van der Waals surface area (Å²) in [4.78, 5) is 13.1. The van der Waals surface area contributed by atoms with Crippen LogP contribution in [-0.2, 0) is 9.47 Å². The first kappa shape index (κ1) is 16.9. The molecule has 0 aromatic carbocycles. The number of aliphatic hydroxyl groups excluding tert-OH is 1. The van der Waals surface area contributed by atoms with Crippen LogP contribution in [0.15, 0.2) is 6.33 Å². The van der Waals surface area contributed by atoms with Crippen molar-refractivity contribution in [1.29, 1.82) is 0 Å². The van der Waals surface area contributed by atoms with Crippen molar-refractivity contribution in [2.75, 3.05) is 24.8 Å². The van der Waals surface area contributed by atoms with Crippen molar-refractivity contribution < 1.29 is 14.6 Å². The summed E-state index contributed by atoms with van der Waals surface area (Å²) in [5.74, 6) is 0.775. The Kier molecular flexibility index (Phi) is 4.83. The van der Waals surface area contributed by atoms with Crippen molar-refractivity contribution in [3.63, 3.8) is 0 Å². The van der Waals surface area contributed by atoms with E-state index in [1.807, 2.05) is 6.92 Å². The SMILES string of the molecule is CCC(C)Nc1nc(N)c2ncn(C3OC(CO)C[C@H]3OC)c2n1. The van der Waals surface area contributed by atoms with Crippen LogP contribution in [0.3, 0.4) is 0 Å². The van der Waals surface area contributed by atoms with E-state index in [-0.39, 0.29) is 24.9 Å². The normalized spacial score (nSPS) is 25.2. The number of hydrogen-bond acceptors (Lipinski definition) is 8. The maximum Gasteiger partial charge on any atom is 0.226 e. The molecule has 132 valence electrons. The van der Waals surface area contributed by atoms with Gasteiger partial charge in [0.15, 0.2) is 17.7 Å². The van der Waals surface area contributed by atoms with Crippen molar-refractivity contribution >= 4 is 22.9 Å². The minimum Gasteiger partial charge on any atom is -0.394 e. The number of nitrogens with zero attached hydrogens (tertiary/aromatic N) is 4. The van der Waals surface area contributed by atoms with Gasteiger partial charge in [-0.25, -0.2) is 4.98 Å². The maximum atomic E-state index is 9.36. The van der Waals surface area contributed by atoms with E-state index in [0.29, 0.717) is 29.4 Å². The molecule has 3 unspecified atom stereocenters. The molecule has 0 bridgehead atoms. The molecule has 0 aliphatic carbocycles. The lowest BCUT2D eigenvalue weighted by Crippen LogP contribution is -2.22. The second-order valence-electron chi connectivity index (χ2n) is 6.05. The first-order valence-electron chi connectivity index (χ1n) is 8.13. The van der Waals surface area contributed by atoms with Crippen LogP contribution in [0.25, 0.3) is 11.2 Å². The van der Waals surface area contributed by atoms with Crippen LogP contribution >= 0.6 is 0 Å². The number of methoxy groups -OCH3 is 1. The summed E-state index contributed by atoms with van der Waals surface area (Å²) in [5, 5.41) is 12.6. The van der Waals surface area contributed by atoms with Crippen molar-refractivity contribution in [2.45, 2.75) is 51.2 Å². The van der Waals surface area contributed by atoms with Gasteiger partial charge < -0.3 is 25.6 Å². The van der Waals surface area contributed by atoms with E-state index in [1.165, 1.54) is 0 Å². The average molecular weight is 336 g/mol. The minimum atomic E-state index is -0.414. The molecule has 24 heavy (non-hydrogen) atoms. The summed E-state index contributed by atoms with van der Waals surface area (Å²) in [6.07, 6.45) is 2.30. The number of anilines is 2. The molecule has 0 spiro atoms.